The fourth-order valence-corrected chi connectivity index (χ4v) is 2.34. The molecule has 0 amide bonds. The Morgan fingerprint density at radius 1 is 0.950 bits per heavy atom. The smallest absolute Gasteiger partial charge is 0.119 e. The largest absolute Gasteiger partial charge is 0.497 e. The Labute approximate surface area is 120 Å². The Hall–Kier alpha value is -1.30. The van der Waals surface area contributed by atoms with E-state index in [2.05, 4.69) is 9.80 Å². The standard InChI is InChI=1S/C15H24N2O3/c1-19-14-2-4-15(5-3-14)20-13-11-17-8-6-16(7-9-17)10-12-18/h2-5,18H,6-13H2,1H3. The van der Waals surface area contributed by atoms with E-state index in [-0.39, 0.29) is 6.61 Å². The van der Waals surface area contributed by atoms with E-state index >= 15 is 0 Å². The van der Waals surface area contributed by atoms with E-state index < -0.39 is 0 Å². The number of hydrogen-bond donors (Lipinski definition) is 1. The summed E-state index contributed by atoms with van der Waals surface area (Å²) in [4.78, 5) is 4.69. The van der Waals surface area contributed by atoms with Crippen molar-refractivity contribution in [1.29, 1.82) is 0 Å². The van der Waals surface area contributed by atoms with Crippen molar-refractivity contribution >= 4 is 0 Å². The van der Waals surface area contributed by atoms with Gasteiger partial charge in [0, 0.05) is 39.3 Å². The molecule has 1 saturated heterocycles. The molecule has 20 heavy (non-hydrogen) atoms. The van der Waals surface area contributed by atoms with Gasteiger partial charge >= 0.3 is 0 Å². The molecular weight excluding hydrogens is 256 g/mol. The molecule has 112 valence electrons. The predicted molar refractivity (Wildman–Crippen MR) is 78.5 cm³/mol. The van der Waals surface area contributed by atoms with Gasteiger partial charge in [-0.25, -0.2) is 0 Å². The van der Waals surface area contributed by atoms with Crippen molar-refractivity contribution < 1.29 is 14.6 Å². The van der Waals surface area contributed by atoms with Crippen LogP contribution in [0, 0.1) is 0 Å². The highest BCUT2D eigenvalue weighted by Gasteiger charge is 2.15. The summed E-state index contributed by atoms with van der Waals surface area (Å²) in [6, 6.07) is 7.67. The van der Waals surface area contributed by atoms with E-state index in [9.17, 15) is 0 Å². The van der Waals surface area contributed by atoms with Gasteiger partial charge in [0.2, 0.25) is 0 Å². The van der Waals surface area contributed by atoms with Crippen molar-refractivity contribution in [2.75, 3.05) is 59.6 Å². The van der Waals surface area contributed by atoms with E-state index in [1.54, 1.807) is 7.11 Å². The topological polar surface area (TPSA) is 45.2 Å². The molecular formula is C15H24N2O3. The lowest BCUT2D eigenvalue weighted by Gasteiger charge is -2.34. The third-order valence-electron chi connectivity index (χ3n) is 3.62. The van der Waals surface area contributed by atoms with Crippen LogP contribution in [0.25, 0.3) is 0 Å². The first kappa shape index (κ1) is 15.1. The van der Waals surface area contributed by atoms with Crippen LogP contribution in [0.1, 0.15) is 0 Å². The Bertz CT molecular complexity index is 375. The molecule has 0 radical (unpaired) electrons. The van der Waals surface area contributed by atoms with Crippen molar-refractivity contribution in [1.82, 2.24) is 9.80 Å². The van der Waals surface area contributed by atoms with Gasteiger partial charge in [-0.3, -0.25) is 9.80 Å². The SMILES string of the molecule is COc1ccc(OCCN2CCN(CCO)CC2)cc1. The average Bonchev–Trinajstić information content (AvgIpc) is 2.50. The van der Waals surface area contributed by atoms with E-state index in [0.29, 0.717) is 6.61 Å². The maximum atomic E-state index is 8.91. The quantitative estimate of drug-likeness (QED) is 0.796. The maximum Gasteiger partial charge on any atom is 0.119 e. The molecule has 2 rings (SSSR count). The minimum Gasteiger partial charge on any atom is -0.497 e. The number of nitrogens with zero attached hydrogens (tertiary/aromatic N) is 2. The number of benzene rings is 1. The summed E-state index contributed by atoms with van der Waals surface area (Å²) in [5.74, 6) is 1.72. The molecule has 0 spiro atoms. The molecule has 1 aliphatic rings. The first-order chi connectivity index (χ1) is 9.81. The lowest BCUT2D eigenvalue weighted by molar-refractivity contribution is 0.102. The number of aliphatic hydroxyl groups excluding tert-OH is 1. The van der Waals surface area contributed by atoms with Crippen LogP contribution < -0.4 is 9.47 Å². The van der Waals surface area contributed by atoms with Crippen LogP contribution in [0.4, 0.5) is 0 Å². The second-order valence-electron chi connectivity index (χ2n) is 4.93. The Kier molecular flexibility index (Phi) is 6.11. The highest BCUT2D eigenvalue weighted by molar-refractivity contribution is 5.31. The molecule has 0 aliphatic carbocycles. The third kappa shape index (κ3) is 4.67. The van der Waals surface area contributed by atoms with Gasteiger partial charge in [-0.05, 0) is 24.3 Å². The molecule has 0 aromatic heterocycles. The van der Waals surface area contributed by atoms with Crippen LogP contribution in [0.5, 0.6) is 11.5 Å². The van der Waals surface area contributed by atoms with Crippen LogP contribution in [0.2, 0.25) is 0 Å². The number of piperazine rings is 1. The van der Waals surface area contributed by atoms with Crippen molar-refractivity contribution in [2.45, 2.75) is 0 Å². The first-order valence-corrected chi connectivity index (χ1v) is 7.14. The molecule has 1 aromatic carbocycles. The number of aliphatic hydroxyl groups is 1. The number of methoxy groups -OCH3 is 1. The lowest BCUT2D eigenvalue weighted by atomic mass is 10.3. The highest BCUT2D eigenvalue weighted by Crippen LogP contribution is 2.16. The summed E-state index contributed by atoms with van der Waals surface area (Å²) >= 11 is 0. The fraction of sp³-hybridized carbons (Fsp3) is 0.600. The van der Waals surface area contributed by atoms with Crippen LogP contribution >= 0.6 is 0 Å². The summed E-state index contributed by atoms with van der Waals surface area (Å²) in [6.45, 7) is 6.84. The van der Waals surface area contributed by atoms with Crippen LogP contribution in [0.3, 0.4) is 0 Å². The molecule has 0 atom stereocenters. The average molecular weight is 280 g/mol. The predicted octanol–water partition coefficient (Wildman–Crippen LogP) is 0.684. The minimum absolute atomic E-state index is 0.251. The van der Waals surface area contributed by atoms with Crippen molar-refractivity contribution in [2.24, 2.45) is 0 Å². The molecule has 1 aliphatic heterocycles. The Balaban J connectivity index is 1.63. The van der Waals surface area contributed by atoms with Crippen LogP contribution in [-0.2, 0) is 0 Å². The highest BCUT2D eigenvalue weighted by atomic mass is 16.5. The molecule has 1 aromatic rings. The molecule has 5 nitrogen and oxygen atoms in total. The Morgan fingerprint density at radius 2 is 1.50 bits per heavy atom. The van der Waals surface area contributed by atoms with Gasteiger partial charge < -0.3 is 14.6 Å². The minimum atomic E-state index is 0.251. The summed E-state index contributed by atoms with van der Waals surface area (Å²) in [7, 11) is 1.66. The molecule has 0 saturated carbocycles. The van der Waals surface area contributed by atoms with Gasteiger partial charge in [0.1, 0.15) is 18.1 Å². The second kappa shape index (κ2) is 8.09. The van der Waals surface area contributed by atoms with Gasteiger partial charge in [-0.2, -0.15) is 0 Å². The number of rotatable bonds is 7. The third-order valence-corrected chi connectivity index (χ3v) is 3.62. The molecule has 0 bridgehead atoms. The first-order valence-electron chi connectivity index (χ1n) is 7.14. The van der Waals surface area contributed by atoms with Gasteiger partial charge in [-0.15, -0.1) is 0 Å². The monoisotopic (exact) mass is 280 g/mol. The zero-order valence-electron chi connectivity index (χ0n) is 12.1. The molecule has 0 unspecified atom stereocenters. The second-order valence-corrected chi connectivity index (χ2v) is 4.93. The zero-order valence-corrected chi connectivity index (χ0v) is 12.1. The van der Waals surface area contributed by atoms with Crippen LogP contribution in [-0.4, -0.2) is 74.5 Å². The molecule has 1 heterocycles. The molecule has 1 fully saturated rings. The van der Waals surface area contributed by atoms with E-state index in [1.807, 2.05) is 24.3 Å². The molecule has 1 N–H and O–H groups in total. The van der Waals surface area contributed by atoms with Crippen molar-refractivity contribution in [3.63, 3.8) is 0 Å². The van der Waals surface area contributed by atoms with Gasteiger partial charge in [-0.1, -0.05) is 0 Å². The number of β-amino-alcohol motifs (C(OH)–C–C–N with tert-alkyl or cyclic N) is 1. The summed E-state index contributed by atoms with van der Waals surface area (Å²) < 4.78 is 10.8. The summed E-state index contributed by atoms with van der Waals surface area (Å²) in [5.41, 5.74) is 0. The van der Waals surface area contributed by atoms with Gasteiger partial charge in [0.15, 0.2) is 0 Å². The fourth-order valence-electron chi connectivity index (χ4n) is 2.34. The Morgan fingerprint density at radius 3 is 2.05 bits per heavy atom. The van der Waals surface area contributed by atoms with Gasteiger partial charge in [0.05, 0.1) is 13.7 Å². The van der Waals surface area contributed by atoms with Gasteiger partial charge in [0.25, 0.3) is 0 Å². The number of hydrogen-bond acceptors (Lipinski definition) is 5. The summed E-state index contributed by atoms with van der Waals surface area (Å²) in [6.07, 6.45) is 0. The lowest BCUT2D eigenvalue weighted by Crippen LogP contribution is -2.48. The van der Waals surface area contributed by atoms with Crippen molar-refractivity contribution in [3.05, 3.63) is 24.3 Å². The van der Waals surface area contributed by atoms with Crippen molar-refractivity contribution in [3.8, 4) is 11.5 Å². The van der Waals surface area contributed by atoms with E-state index in [1.165, 1.54) is 0 Å². The van der Waals surface area contributed by atoms with E-state index in [4.69, 9.17) is 14.6 Å². The zero-order chi connectivity index (χ0) is 14.2. The normalized spacial score (nSPS) is 17.1. The van der Waals surface area contributed by atoms with Crippen LogP contribution in [0.15, 0.2) is 24.3 Å². The summed E-state index contributed by atoms with van der Waals surface area (Å²) in [5, 5.41) is 8.91. The maximum absolute atomic E-state index is 8.91. The molecule has 5 heteroatoms. The van der Waals surface area contributed by atoms with E-state index in [0.717, 1.165) is 50.8 Å². The number of ether oxygens (including phenoxy) is 2.